The Morgan fingerprint density at radius 1 is 1.24 bits per heavy atom. The fraction of sp³-hybridized carbons (Fsp3) is 0.320. The molecule has 1 atom stereocenters. The molecule has 8 heteroatoms. The molecule has 0 aliphatic carbocycles. The van der Waals surface area contributed by atoms with E-state index >= 15 is 0 Å². The Kier molecular flexibility index (Phi) is 6.84. The summed E-state index contributed by atoms with van der Waals surface area (Å²) >= 11 is 0. The summed E-state index contributed by atoms with van der Waals surface area (Å²) < 4.78 is 18.8. The molecule has 4 rings (SSSR count). The van der Waals surface area contributed by atoms with Gasteiger partial charge in [0.15, 0.2) is 0 Å². The van der Waals surface area contributed by atoms with E-state index in [9.17, 15) is 9.18 Å². The predicted molar refractivity (Wildman–Crippen MR) is 126 cm³/mol. The lowest BCUT2D eigenvalue weighted by molar-refractivity contribution is 0.100. The molecule has 1 aliphatic heterocycles. The third kappa shape index (κ3) is 5.46. The summed E-state index contributed by atoms with van der Waals surface area (Å²) in [5.74, 6) is 0.805. The predicted octanol–water partition coefficient (Wildman–Crippen LogP) is 3.32. The highest BCUT2D eigenvalue weighted by Gasteiger charge is 2.28. The van der Waals surface area contributed by atoms with E-state index in [2.05, 4.69) is 9.88 Å². The van der Waals surface area contributed by atoms with E-state index in [4.69, 9.17) is 15.5 Å². The molecule has 1 amide bonds. The van der Waals surface area contributed by atoms with Gasteiger partial charge >= 0.3 is 0 Å². The minimum Gasteiger partial charge on any atom is -0.492 e. The first-order valence-electron chi connectivity index (χ1n) is 11.0. The molecular weight excluding hydrogens is 421 g/mol. The molecular formula is C25H28FN5O2. The lowest BCUT2D eigenvalue weighted by Gasteiger charge is -2.20. The van der Waals surface area contributed by atoms with Crippen LogP contribution in [-0.4, -0.2) is 61.1 Å². The summed E-state index contributed by atoms with van der Waals surface area (Å²) in [5.41, 5.74) is 8.71. The molecule has 172 valence electrons. The van der Waals surface area contributed by atoms with Gasteiger partial charge in [-0.05, 0) is 54.9 Å². The van der Waals surface area contributed by atoms with E-state index in [1.54, 1.807) is 24.3 Å². The molecule has 1 fully saturated rings. The van der Waals surface area contributed by atoms with E-state index in [1.165, 1.54) is 12.1 Å². The smallest absolute Gasteiger partial charge is 0.248 e. The van der Waals surface area contributed by atoms with Gasteiger partial charge in [-0.2, -0.15) is 0 Å². The average molecular weight is 450 g/mol. The van der Waals surface area contributed by atoms with Crippen LogP contribution in [-0.2, 0) is 0 Å². The molecule has 2 aromatic carbocycles. The van der Waals surface area contributed by atoms with Crippen molar-refractivity contribution in [3.8, 4) is 16.9 Å². The lowest BCUT2D eigenvalue weighted by atomic mass is 9.95. The second-order valence-corrected chi connectivity index (χ2v) is 8.40. The van der Waals surface area contributed by atoms with Crippen LogP contribution in [0.1, 0.15) is 28.4 Å². The van der Waals surface area contributed by atoms with Gasteiger partial charge in [-0.3, -0.25) is 9.69 Å². The van der Waals surface area contributed by atoms with Crippen LogP contribution in [0.25, 0.3) is 11.1 Å². The first kappa shape index (κ1) is 22.7. The van der Waals surface area contributed by atoms with E-state index in [-0.39, 0.29) is 11.7 Å². The third-order valence-corrected chi connectivity index (χ3v) is 5.81. The number of carbonyl (C=O) groups excluding carboxylic acids is 1. The zero-order chi connectivity index (χ0) is 23.4. The molecule has 1 aromatic heterocycles. The van der Waals surface area contributed by atoms with Gasteiger partial charge in [0.1, 0.15) is 18.2 Å². The number of amides is 1. The van der Waals surface area contributed by atoms with Crippen LogP contribution >= 0.6 is 0 Å². The van der Waals surface area contributed by atoms with Crippen molar-refractivity contribution < 1.29 is 13.9 Å². The third-order valence-electron chi connectivity index (χ3n) is 5.81. The number of nitrogens with zero attached hydrogens (tertiary/aromatic N) is 4. The number of nitrogens with two attached hydrogens (primary N) is 1. The number of carbonyl (C=O) groups is 1. The van der Waals surface area contributed by atoms with Gasteiger partial charge < -0.3 is 15.4 Å². The zero-order valence-corrected chi connectivity index (χ0v) is 18.9. The molecule has 2 heterocycles. The number of primary amides is 1. The van der Waals surface area contributed by atoms with Crippen LogP contribution in [0.2, 0.25) is 0 Å². The molecule has 0 saturated carbocycles. The van der Waals surface area contributed by atoms with Crippen molar-refractivity contribution in [2.24, 2.45) is 5.73 Å². The number of halogens is 1. The number of hydrogen-bond acceptors (Lipinski definition) is 6. The van der Waals surface area contributed by atoms with Crippen molar-refractivity contribution in [1.82, 2.24) is 14.9 Å². The topological polar surface area (TPSA) is 84.6 Å². The summed E-state index contributed by atoms with van der Waals surface area (Å²) in [7, 11) is 3.83. The highest BCUT2D eigenvalue weighted by molar-refractivity contribution is 5.94. The number of likely N-dealkylation sites (tertiary alicyclic amines) is 1. The van der Waals surface area contributed by atoms with Gasteiger partial charge in [0.2, 0.25) is 11.9 Å². The molecule has 3 aromatic rings. The second-order valence-electron chi connectivity index (χ2n) is 8.40. The number of aromatic nitrogens is 2. The number of ether oxygens (including phenoxy) is 1. The van der Waals surface area contributed by atoms with Crippen molar-refractivity contribution >= 4 is 11.9 Å². The summed E-state index contributed by atoms with van der Waals surface area (Å²) in [6.45, 7) is 3.07. The maximum atomic E-state index is 13.1. The summed E-state index contributed by atoms with van der Waals surface area (Å²) in [6, 6.07) is 13.3. The molecule has 0 bridgehead atoms. The standard InChI is InChI=1S/C25H28FN5O2/c1-30(2)25-28-15-22(17-4-3-5-18(14-17)24(27)32)23(29-25)19-10-11-31(16-19)12-13-33-21-8-6-20(26)7-9-21/h3-9,14-15,19H,10-13,16H2,1-2H3,(H2,27,32)/t19-/m1/s1. The first-order chi connectivity index (χ1) is 15.9. The maximum absolute atomic E-state index is 13.1. The summed E-state index contributed by atoms with van der Waals surface area (Å²) in [5, 5.41) is 0. The van der Waals surface area contributed by atoms with Gasteiger partial charge in [-0.15, -0.1) is 0 Å². The van der Waals surface area contributed by atoms with Crippen LogP contribution in [0.4, 0.5) is 10.3 Å². The quantitative estimate of drug-likeness (QED) is 0.568. The van der Waals surface area contributed by atoms with Gasteiger partial charge in [0.05, 0.1) is 5.69 Å². The number of benzene rings is 2. The molecule has 33 heavy (non-hydrogen) atoms. The molecule has 0 spiro atoms. The fourth-order valence-electron chi connectivity index (χ4n) is 4.06. The Labute approximate surface area is 193 Å². The summed E-state index contributed by atoms with van der Waals surface area (Å²) in [4.78, 5) is 25.3. The van der Waals surface area contributed by atoms with Crippen LogP contribution in [0.3, 0.4) is 0 Å². The Hall–Kier alpha value is -3.52. The second kappa shape index (κ2) is 9.95. The van der Waals surface area contributed by atoms with Crippen molar-refractivity contribution in [1.29, 1.82) is 0 Å². The Morgan fingerprint density at radius 3 is 2.76 bits per heavy atom. The number of hydrogen-bond donors (Lipinski definition) is 1. The fourth-order valence-corrected chi connectivity index (χ4v) is 4.06. The largest absolute Gasteiger partial charge is 0.492 e. The van der Waals surface area contributed by atoms with Crippen LogP contribution in [0, 0.1) is 5.82 Å². The molecule has 0 radical (unpaired) electrons. The Bertz CT molecular complexity index is 1120. The molecule has 2 N–H and O–H groups in total. The van der Waals surface area contributed by atoms with Crippen LogP contribution in [0.5, 0.6) is 5.75 Å². The number of rotatable bonds is 8. The van der Waals surface area contributed by atoms with E-state index < -0.39 is 5.91 Å². The van der Waals surface area contributed by atoms with Crippen LogP contribution < -0.4 is 15.4 Å². The van der Waals surface area contributed by atoms with Gasteiger partial charge in [0.25, 0.3) is 0 Å². The Morgan fingerprint density at radius 2 is 2.03 bits per heavy atom. The number of anilines is 1. The van der Waals surface area contributed by atoms with Crippen molar-refractivity contribution in [3.05, 3.63) is 71.8 Å². The van der Waals surface area contributed by atoms with Crippen molar-refractivity contribution in [2.75, 3.05) is 45.2 Å². The van der Waals surface area contributed by atoms with Crippen LogP contribution in [0.15, 0.2) is 54.7 Å². The van der Waals surface area contributed by atoms with Gasteiger partial charge in [-0.25, -0.2) is 14.4 Å². The molecule has 7 nitrogen and oxygen atoms in total. The molecule has 0 unspecified atom stereocenters. The zero-order valence-electron chi connectivity index (χ0n) is 18.9. The SMILES string of the molecule is CN(C)c1ncc(-c2cccc(C(N)=O)c2)c([C@@H]2CCN(CCOc3ccc(F)cc3)C2)n1. The van der Waals surface area contributed by atoms with E-state index in [0.717, 1.165) is 42.9 Å². The molecule has 1 aliphatic rings. The Balaban J connectivity index is 1.50. The van der Waals surface area contributed by atoms with Gasteiger partial charge in [0, 0.05) is 50.4 Å². The molecule has 1 saturated heterocycles. The highest BCUT2D eigenvalue weighted by Crippen LogP contribution is 2.34. The lowest BCUT2D eigenvalue weighted by Crippen LogP contribution is -2.26. The summed E-state index contributed by atoms with van der Waals surface area (Å²) in [6.07, 6.45) is 2.79. The van der Waals surface area contributed by atoms with Crippen molar-refractivity contribution in [3.63, 3.8) is 0 Å². The highest BCUT2D eigenvalue weighted by atomic mass is 19.1. The average Bonchev–Trinajstić information content (AvgIpc) is 3.29. The van der Waals surface area contributed by atoms with Gasteiger partial charge in [-0.1, -0.05) is 12.1 Å². The van der Waals surface area contributed by atoms with Crippen molar-refractivity contribution in [2.45, 2.75) is 12.3 Å². The monoisotopic (exact) mass is 449 g/mol. The minimum absolute atomic E-state index is 0.227. The maximum Gasteiger partial charge on any atom is 0.248 e. The van der Waals surface area contributed by atoms with E-state index in [0.29, 0.717) is 23.9 Å². The normalized spacial score (nSPS) is 16.0. The first-order valence-corrected chi connectivity index (χ1v) is 11.0. The van der Waals surface area contributed by atoms with E-state index in [1.807, 2.05) is 37.3 Å². The minimum atomic E-state index is -0.461.